The van der Waals surface area contributed by atoms with E-state index in [1.54, 1.807) is 26.0 Å². The van der Waals surface area contributed by atoms with Crippen molar-refractivity contribution in [2.24, 2.45) is 0 Å². The van der Waals surface area contributed by atoms with E-state index in [1.807, 2.05) is 4.98 Å². The first-order valence-electron chi connectivity index (χ1n) is 13.8. The number of carbonyl (C=O) groups excluding carboxylic acids is 1. The summed E-state index contributed by atoms with van der Waals surface area (Å²) in [5.74, 6) is -0.627. The molecule has 0 radical (unpaired) electrons. The standard InChI is InChI=1S/C29H32F4N3O8P/c1-17(2)42-25(38)18(3)35-45(40,41-16-23-15-28(4,30)26(43-23)36-14-13-24(37)34-27(36)39)44-22-11-7-20(8-12-22)19-5-9-21(10-6-19)29(31,32)33/h5-14,17-18,23,26,35,40H,15-16H2,1-4H3/p+1/t18-,23-,26+,28+,45?/m0/s1. The van der Waals surface area contributed by atoms with Crippen LogP contribution in [0.15, 0.2) is 70.4 Å². The maximum Gasteiger partial charge on any atom is 0.544 e. The van der Waals surface area contributed by atoms with E-state index in [0.29, 0.717) is 11.1 Å². The average Bonchev–Trinajstić information content (AvgIpc) is 3.25. The minimum absolute atomic E-state index is 0.0822. The lowest BCUT2D eigenvalue weighted by Gasteiger charge is -2.23. The zero-order valence-electron chi connectivity index (χ0n) is 24.7. The molecule has 2 aromatic carbocycles. The van der Waals surface area contributed by atoms with Crippen LogP contribution in [0.1, 0.15) is 45.9 Å². The van der Waals surface area contributed by atoms with Gasteiger partial charge in [-0.1, -0.05) is 29.4 Å². The highest BCUT2D eigenvalue weighted by atomic mass is 31.2. The molecule has 3 aromatic rings. The second kappa shape index (κ2) is 13.4. The topological polar surface area (TPSA) is 141 Å². The molecule has 4 rings (SSSR count). The number of halogens is 4. The summed E-state index contributed by atoms with van der Waals surface area (Å²) in [5, 5.41) is 2.61. The molecule has 0 aliphatic carbocycles. The summed E-state index contributed by atoms with van der Waals surface area (Å²) < 4.78 is 77.6. The van der Waals surface area contributed by atoms with Gasteiger partial charge in [0.25, 0.3) is 5.56 Å². The minimum atomic E-state index is -4.47. The summed E-state index contributed by atoms with van der Waals surface area (Å²) in [7, 11) is -4.15. The number of hydrogen-bond donors (Lipinski definition) is 3. The Hall–Kier alpha value is -3.62. The highest BCUT2D eigenvalue weighted by molar-refractivity contribution is 7.58. The van der Waals surface area contributed by atoms with E-state index in [4.69, 9.17) is 18.5 Å². The van der Waals surface area contributed by atoms with Crippen molar-refractivity contribution in [3.8, 4) is 16.9 Å². The van der Waals surface area contributed by atoms with Crippen LogP contribution in [0.25, 0.3) is 11.1 Å². The van der Waals surface area contributed by atoms with Gasteiger partial charge < -0.3 is 9.47 Å². The van der Waals surface area contributed by atoms with Crippen molar-refractivity contribution in [3.05, 3.63) is 87.2 Å². The molecule has 16 heteroatoms. The Kier molecular flexibility index (Phi) is 10.2. The van der Waals surface area contributed by atoms with Crippen LogP contribution in [0.5, 0.6) is 5.75 Å². The second-order valence-corrected chi connectivity index (χ2v) is 12.7. The maximum atomic E-state index is 15.5. The van der Waals surface area contributed by atoms with E-state index in [2.05, 4.69) is 5.09 Å². The van der Waals surface area contributed by atoms with Crippen LogP contribution < -0.4 is 20.9 Å². The summed E-state index contributed by atoms with van der Waals surface area (Å²) in [5.41, 5.74) is -3.32. The smallest absolute Gasteiger partial charge is 0.462 e. The van der Waals surface area contributed by atoms with Crippen molar-refractivity contribution in [1.29, 1.82) is 0 Å². The Morgan fingerprint density at radius 1 is 1.11 bits per heavy atom. The largest absolute Gasteiger partial charge is 0.544 e. The molecule has 5 atom stereocenters. The lowest BCUT2D eigenvalue weighted by molar-refractivity contribution is -0.149. The first-order valence-corrected chi connectivity index (χ1v) is 15.4. The molecule has 3 N–H and O–H groups in total. The Morgan fingerprint density at radius 3 is 2.27 bits per heavy atom. The molecule has 244 valence electrons. The Bertz CT molecular complexity index is 1590. The van der Waals surface area contributed by atoms with Crippen LogP contribution in [-0.2, 0) is 25.0 Å². The zero-order chi connectivity index (χ0) is 33.2. The van der Waals surface area contributed by atoms with Gasteiger partial charge in [-0.15, -0.1) is 0 Å². The summed E-state index contributed by atoms with van der Waals surface area (Å²) >= 11 is 0. The van der Waals surface area contributed by atoms with Gasteiger partial charge in [0, 0.05) is 18.7 Å². The van der Waals surface area contributed by atoms with Gasteiger partial charge in [-0.3, -0.25) is 23.7 Å². The van der Waals surface area contributed by atoms with E-state index in [1.165, 1.54) is 38.1 Å². The highest BCUT2D eigenvalue weighted by Gasteiger charge is 2.52. The minimum Gasteiger partial charge on any atom is -0.462 e. The summed E-state index contributed by atoms with van der Waals surface area (Å²) in [6.45, 7) is 5.49. The highest BCUT2D eigenvalue weighted by Crippen LogP contribution is 2.54. The summed E-state index contributed by atoms with van der Waals surface area (Å²) in [4.78, 5) is 49.7. The molecule has 1 unspecified atom stereocenters. The molecule has 0 amide bonds. The SMILES string of the molecule is CC(C)OC(=O)[C@H](C)N[P+](O)(OC[C@@H]1C[C@@](C)(F)[C@H](n2ccc(=O)[nH]c2=O)O1)Oc1ccc(-c2ccc(C(F)(F)F)cc2)cc1. The van der Waals surface area contributed by atoms with E-state index >= 15 is 4.39 Å². The zero-order valence-corrected chi connectivity index (χ0v) is 25.6. The number of ether oxygens (including phenoxy) is 2. The molecule has 1 fully saturated rings. The number of rotatable bonds is 11. The second-order valence-electron chi connectivity index (χ2n) is 11.0. The van der Waals surface area contributed by atoms with Crippen LogP contribution in [0.3, 0.4) is 0 Å². The molecule has 0 spiro atoms. The number of carbonyl (C=O) groups is 1. The number of H-pyrrole nitrogens is 1. The number of aromatic amines is 1. The third-order valence-electron chi connectivity index (χ3n) is 6.69. The van der Waals surface area contributed by atoms with Crippen molar-refractivity contribution >= 4 is 14.1 Å². The number of benzene rings is 2. The van der Waals surface area contributed by atoms with Crippen molar-refractivity contribution in [2.75, 3.05) is 6.61 Å². The third-order valence-corrected chi connectivity index (χ3v) is 8.36. The normalized spacial score (nSPS) is 22.2. The molecule has 11 nitrogen and oxygen atoms in total. The molecule has 0 bridgehead atoms. The van der Waals surface area contributed by atoms with Gasteiger partial charge in [-0.2, -0.15) is 22.6 Å². The van der Waals surface area contributed by atoms with Gasteiger partial charge in [0.15, 0.2) is 17.6 Å². The van der Waals surface area contributed by atoms with Gasteiger partial charge in [-0.25, -0.2) is 9.18 Å². The number of aromatic nitrogens is 2. The monoisotopic (exact) mass is 658 g/mol. The van der Waals surface area contributed by atoms with Crippen molar-refractivity contribution in [2.45, 2.75) is 70.4 Å². The van der Waals surface area contributed by atoms with Gasteiger partial charge in [0.05, 0.1) is 17.8 Å². The molecule has 45 heavy (non-hydrogen) atoms. The molecular weight excluding hydrogens is 625 g/mol. The molecule has 2 heterocycles. The molecular formula is C29H33F4N3O8P+. The fourth-order valence-corrected chi connectivity index (χ4v) is 6.14. The van der Waals surface area contributed by atoms with Crippen molar-refractivity contribution < 1.29 is 45.8 Å². The van der Waals surface area contributed by atoms with Gasteiger partial charge in [0.1, 0.15) is 12.6 Å². The quantitative estimate of drug-likeness (QED) is 0.149. The number of hydrogen-bond acceptors (Lipinski definition) is 9. The van der Waals surface area contributed by atoms with Crippen LogP contribution in [0, 0.1) is 0 Å². The fraction of sp³-hybridized carbons (Fsp3) is 0.414. The molecule has 1 aromatic heterocycles. The van der Waals surface area contributed by atoms with Crippen LogP contribution >= 0.6 is 8.09 Å². The van der Waals surface area contributed by atoms with Gasteiger partial charge >= 0.3 is 25.9 Å². The predicted molar refractivity (Wildman–Crippen MR) is 156 cm³/mol. The van der Waals surface area contributed by atoms with E-state index < -0.39 is 73.8 Å². The predicted octanol–water partition coefficient (Wildman–Crippen LogP) is 4.93. The maximum absolute atomic E-state index is 15.5. The lowest BCUT2D eigenvalue weighted by Crippen LogP contribution is -2.39. The average molecular weight is 659 g/mol. The van der Waals surface area contributed by atoms with Crippen LogP contribution in [0.2, 0.25) is 0 Å². The third kappa shape index (κ3) is 8.76. The first-order chi connectivity index (χ1) is 21.0. The van der Waals surface area contributed by atoms with Crippen molar-refractivity contribution in [1.82, 2.24) is 14.6 Å². The van der Waals surface area contributed by atoms with E-state index in [0.717, 1.165) is 29.0 Å². The van der Waals surface area contributed by atoms with E-state index in [9.17, 15) is 32.4 Å². The molecule has 1 aliphatic heterocycles. The van der Waals surface area contributed by atoms with Crippen molar-refractivity contribution in [3.63, 3.8) is 0 Å². The summed E-state index contributed by atoms with van der Waals surface area (Å²) in [6.07, 6.45) is -6.46. The number of esters is 1. The Labute approximate surface area is 255 Å². The number of nitrogens with zero attached hydrogens (tertiary/aromatic N) is 1. The van der Waals surface area contributed by atoms with Gasteiger partial charge in [-0.05, 0) is 63.1 Å². The lowest BCUT2D eigenvalue weighted by atomic mass is 10.0. The number of nitrogens with one attached hydrogen (secondary N) is 2. The summed E-state index contributed by atoms with van der Waals surface area (Å²) in [6, 6.07) is 10.5. The van der Waals surface area contributed by atoms with Gasteiger partial charge in [0.2, 0.25) is 0 Å². The Balaban J connectivity index is 1.51. The molecule has 1 aliphatic rings. The first kappa shape index (κ1) is 34.3. The fourth-order valence-electron chi connectivity index (χ4n) is 4.59. The van der Waals surface area contributed by atoms with E-state index in [-0.39, 0.29) is 12.2 Å². The Morgan fingerprint density at radius 2 is 1.71 bits per heavy atom. The molecule has 0 saturated carbocycles. The molecule has 1 saturated heterocycles. The van der Waals surface area contributed by atoms with Crippen LogP contribution in [0.4, 0.5) is 17.6 Å². The number of alkyl halides is 4. The van der Waals surface area contributed by atoms with Crippen LogP contribution in [-0.4, -0.2) is 50.9 Å².